The zero-order valence-corrected chi connectivity index (χ0v) is 24.0. The highest BCUT2D eigenvalue weighted by atomic mass is 79.9. The first-order valence-electron chi connectivity index (χ1n) is 13.7. The van der Waals surface area contributed by atoms with Crippen LogP contribution < -0.4 is 5.32 Å². The van der Waals surface area contributed by atoms with Gasteiger partial charge in [0.2, 0.25) is 5.78 Å². The number of carbonyl (C=O) groups excluding carboxylic acids is 3. The van der Waals surface area contributed by atoms with Crippen molar-refractivity contribution in [3.63, 3.8) is 0 Å². The van der Waals surface area contributed by atoms with Crippen LogP contribution >= 0.6 is 15.9 Å². The van der Waals surface area contributed by atoms with Gasteiger partial charge in [-0.1, -0.05) is 24.3 Å². The van der Waals surface area contributed by atoms with Crippen molar-refractivity contribution in [2.45, 2.75) is 57.0 Å². The molecule has 1 saturated carbocycles. The number of alkyl halides is 1. The third kappa shape index (κ3) is 5.99. The molecular formula is C30H33BrFN3O5. The van der Waals surface area contributed by atoms with E-state index < -0.39 is 17.9 Å². The van der Waals surface area contributed by atoms with Crippen molar-refractivity contribution >= 4 is 50.2 Å². The van der Waals surface area contributed by atoms with Gasteiger partial charge in [-0.3, -0.25) is 14.4 Å². The highest BCUT2D eigenvalue weighted by Gasteiger charge is 2.48. The summed E-state index contributed by atoms with van der Waals surface area (Å²) in [7, 11) is 1.37. The number of para-hydroxylation sites is 1. The molecule has 1 amide bonds. The molecule has 3 aromatic rings. The lowest BCUT2D eigenvalue weighted by Gasteiger charge is -2.37. The van der Waals surface area contributed by atoms with Crippen LogP contribution in [-0.4, -0.2) is 59.8 Å². The van der Waals surface area contributed by atoms with Crippen LogP contribution in [0.3, 0.4) is 0 Å². The summed E-state index contributed by atoms with van der Waals surface area (Å²) in [5.74, 6) is -3.93. The summed E-state index contributed by atoms with van der Waals surface area (Å²) >= 11 is 3.49. The van der Waals surface area contributed by atoms with Crippen molar-refractivity contribution in [2.24, 2.45) is 5.92 Å². The SMILES string of the molecule is COC(=O)[C@H]1CC[C@H](OC(F)(C(=O)Cc2ccc(NC(=O)c3c[nH]c4ccccc34)c(Br)c2)N2CCCC2)CC1. The topological polar surface area (TPSA) is 101 Å². The van der Waals surface area contributed by atoms with Crippen LogP contribution in [-0.2, 0) is 25.5 Å². The minimum absolute atomic E-state index is 0.167. The summed E-state index contributed by atoms with van der Waals surface area (Å²) in [5, 5.41) is 3.72. The molecule has 2 aromatic carbocycles. The third-order valence-electron chi connectivity index (χ3n) is 7.87. The van der Waals surface area contributed by atoms with Crippen molar-refractivity contribution in [1.29, 1.82) is 0 Å². The molecule has 2 N–H and O–H groups in total. The van der Waals surface area contributed by atoms with Gasteiger partial charge in [0.1, 0.15) is 0 Å². The second-order valence-corrected chi connectivity index (χ2v) is 11.3. The minimum Gasteiger partial charge on any atom is -0.469 e. The highest BCUT2D eigenvalue weighted by molar-refractivity contribution is 9.10. The summed E-state index contributed by atoms with van der Waals surface area (Å²) < 4.78 is 27.9. The second-order valence-electron chi connectivity index (χ2n) is 10.5. The van der Waals surface area contributed by atoms with Crippen LogP contribution in [0.25, 0.3) is 10.9 Å². The van der Waals surface area contributed by atoms with Crippen LogP contribution in [0.2, 0.25) is 0 Å². The number of carbonyl (C=O) groups is 3. The third-order valence-corrected chi connectivity index (χ3v) is 8.52. The Kier molecular flexibility index (Phi) is 8.68. The van der Waals surface area contributed by atoms with E-state index in [1.165, 1.54) is 12.0 Å². The zero-order chi connectivity index (χ0) is 28.3. The molecule has 2 aliphatic rings. The Morgan fingerprint density at radius 2 is 1.82 bits per heavy atom. The molecule has 0 bridgehead atoms. The maximum atomic E-state index is 16.5. The fourth-order valence-electron chi connectivity index (χ4n) is 5.64. The Labute approximate surface area is 240 Å². The van der Waals surface area contributed by atoms with E-state index in [0.29, 0.717) is 60.1 Å². The van der Waals surface area contributed by atoms with Gasteiger partial charge in [0.15, 0.2) is 0 Å². The number of Topliss-reactive ketones (excluding diaryl/α,β-unsaturated/α-hetero) is 1. The number of anilines is 1. The van der Waals surface area contributed by atoms with Crippen LogP contribution in [0, 0.1) is 5.92 Å². The number of ketones is 1. The van der Waals surface area contributed by atoms with Crippen molar-refractivity contribution in [3.8, 4) is 0 Å². The van der Waals surface area contributed by atoms with Gasteiger partial charge in [-0.15, -0.1) is 0 Å². The molecule has 1 saturated heterocycles. The van der Waals surface area contributed by atoms with E-state index in [9.17, 15) is 14.4 Å². The number of hydrogen-bond donors (Lipinski definition) is 2. The maximum absolute atomic E-state index is 16.5. The number of aromatic nitrogens is 1. The first-order chi connectivity index (χ1) is 19.3. The number of amides is 1. The first kappa shape index (κ1) is 28.4. The summed E-state index contributed by atoms with van der Waals surface area (Å²) in [5.41, 5.74) is 2.52. The van der Waals surface area contributed by atoms with Crippen LogP contribution in [0.4, 0.5) is 10.1 Å². The molecule has 1 aromatic heterocycles. The number of likely N-dealkylation sites (tertiary alicyclic amines) is 1. The molecular weight excluding hydrogens is 581 g/mol. The smallest absolute Gasteiger partial charge is 0.330 e. The molecule has 0 spiro atoms. The number of halogens is 2. The Bertz CT molecular complexity index is 1400. The Balaban J connectivity index is 1.26. The van der Waals surface area contributed by atoms with E-state index in [1.54, 1.807) is 24.4 Å². The van der Waals surface area contributed by atoms with Gasteiger partial charge in [-0.05, 0) is 78.2 Å². The Morgan fingerprint density at radius 3 is 2.52 bits per heavy atom. The average molecular weight is 615 g/mol. The maximum Gasteiger partial charge on any atom is 0.330 e. The summed E-state index contributed by atoms with van der Waals surface area (Å²) in [6.45, 7) is 0.893. The number of nitrogens with zero attached hydrogens (tertiary/aromatic N) is 1. The van der Waals surface area contributed by atoms with E-state index in [0.717, 1.165) is 23.7 Å². The summed E-state index contributed by atoms with van der Waals surface area (Å²) in [6.07, 6.45) is 4.71. The summed E-state index contributed by atoms with van der Waals surface area (Å²) in [6, 6.07) is 12.7. The summed E-state index contributed by atoms with van der Waals surface area (Å²) in [4.78, 5) is 42.9. The van der Waals surface area contributed by atoms with E-state index in [4.69, 9.17) is 9.47 Å². The van der Waals surface area contributed by atoms with Gasteiger partial charge in [0.05, 0.1) is 30.4 Å². The Hall–Kier alpha value is -3.08. The molecule has 1 unspecified atom stereocenters. The second kappa shape index (κ2) is 12.2. The molecule has 10 heteroatoms. The largest absolute Gasteiger partial charge is 0.469 e. The number of esters is 1. The van der Waals surface area contributed by atoms with Gasteiger partial charge >= 0.3 is 11.9 Å². The van der Waals surface area contributed by atoms with E-state index in [1.807, 2.05) is 24.3 Å². The van der Waals surface area contributed by atoms with E-state index in [-0.39, 0.29) is 24.2 Å². The predicted molar refractivity (Wildman–Crippen MR) is 153 cm³/mol. The van der Waals surface area contributed by atoms with Crippen LogP contribution in [0.1, 0.15) is 54.4 Å². The predicted octanol–water partition coefficient (Wildman–Crippen LogP) is 5.76. The number of nitrogens with one attached hydrogen (secondary N) is 2. The van der Waals surface area contributed by atoms with Gasteiger partial charge < -0.3 is 19.8 Å². The quantitative estimate of drug-likeness (QED) is 0.235. The van der Waals surface area contributed by atoms with Crippen LogP contribution in [0.15, 0.2) is 53.1 Å². The molecule has 2 heterocycles. The molecule has 2 fully saturated rings. The minimum atomic E-state index is -2.53. The number of aromatic amines is 1. The fraction of sp³-hybridized carbons (Fsp3) is 0.433. The number of H-pyrrole nitrogens is 1. The lowest BCUT2D eigenvalue weighted by molar-refractivity contribution is -0.252. The van der Waals surface area contributed by atoms with Crippen molar-refractivity contribution in [3.05, 3.63) is 64.3 Å². The lowest BCUT2D eigenvalue weighted by Crippen LogP contribution is -2.54. The fourth-order valence-corrected chi connectivity index (χ4v) is 6.16. The van der Waals surface area contributed by atoms with Gasteiger partial charge in [-0.2, -0.15) is 4.39 Å². The monoisotopic (exact) mass is 613 g/mol. The number of benzene rings is 2. The first-order valence-corrected chi connectivity index (χ1v) is 14.5. The zero-order valence-electron chi connectivity index (χ0n) is 22.4. The number of methoxy groups -OCH3 is 1. The van der Waals surface area contributed by atoms with Crippen molar-refractivity contribution in [2.75, 3.05) is 25.5 Å². The normalized spacial score (nSPS) is 21.2. The van der Waals surface area contributed by atoms with Crippen LogP contribution in [0.5, 0.6) is 0 Å². The highest BCUT2D eigenvalue weighted by Crippen LogP contribution is 2.35. The molecule has 40 heavy (non-hydrogen) atoms. The van der Waals surface area contributed by atoms with Gasteiger partial charge in [0.25, 0.3) is 5.91 Å². The van der Waals surface area contributed by atoms with E-state index in [2.05, 4.69) is 26.2 Å². The molecule has 1 atom stereocenters. The van der Waals surface area contributed by atoms with Crippen molar-refractivity contribution < 1.29 is 28.2 Å². The standard InChI is InChI=1S/C30H33BrFN3O5/c1-39-29(38)20-9-11-21(12-10-20)40-30(32,35-14-4-5-15-35)27(36)17-19-8-13-26(24(31)16-19)34-28(37)23-18-33-25-7-3-2-6-22(23)25/h2-3,6-8,13,16,18,20-21,33H,4-5,9-12,14-15,17H2,1H3,(H,34,37)/t20-,21-,30?. The van der Waals surface area contributed by atoms with Gasteiger partial charge in [-0.25, -0.2) is 4.90 Å². The molecule has 0 radical (unpaired) electrons. The number of ether oxygens (including phenoxy) is 2. The number of rotatable bonds is 9. The molecule has 1 aliphatic heterocycles. The lowest BCUT2D eigenvalue weighted by atomic mass is 9.87. The number of fused-ring (bicyclic) bond motifs is 1. The molecule has 5 rings (SSSR count). The van der Waals surface area contributed by atoms with Gasteiger partial charge in [0, 0.05) is 41.1 Å². The number of hydrogen-bond acceptors (Lipinski definition) is 6. The molecule has 1 aliphatic carbocycles. The molecule has 8 nitrogen and oxygen atoms in total. The van der Waals surface area contributed by atoms with E-state index >= 15 is 4.39 Å². The Morgan fingerprint density at radius 1 is 1.10 bits per heavy atom. The molecule has 212 valence electrons. The van der Waals surface area contributed by atoms with Crippen molar-refractivity contribution in [1.82, 2.24) is 9.88 Å². The average Bonchev–Trinajstić information content (AvgIpc) is 3.65.